The van der Waals surface area contributed by atoms with Crippen molar-refractivity contribution in [2.45, 2.75) is 70.0 Å². The third-order valence-corrected chi connectivity index (χ3v) is 5.88. The number of fused-ring (bicyclic) bond motifs is 1. The van der Waals surface area contributed by atoms with E-state index in [1.165, 1.54) is 0 Å². The highest BCUT2D eigenvalue weighted by atomic mass is 19.3. The van der Waals surface area contributed by atoms with E-state index in [-0.39, 0.29) is 43.5 Å². The van der Waals surface area contributed by atoms with E-state index in [4.69, 9.17) is 9.47 Å². The van der Waals surface area contributed by atoms with E-state index < -0.39 is 36.3 Å². The fourth-order valence-electron chi connectivity index (χ4n) is 4.29. The second kappa shape index (κ2) is 9.01. The van der Waals surface area contributed by atoms with Crippen molar-refractivity contribution in [1.82, 2.24) is 0 Å². The largest absolute Gasteiger partial charge is 0.462 e. The average molecular weight is 408 g/mol. The Labute approximate surface area is 168 Å². The average Bonchev–Trinajstić information content (AvgIpc) is 3.20. The normalized spacial score (nSPS) is 26.1. The first-order valence-corrected chi connectivity index (χ1v) is 10.2. The number of ketones is 1. The van der Waals surface area contributed by atoms with E-state index in [1.807, 2.05) is 0 Å². The second-order valence-corrected chi connectivity index (χ2v) is 7.88. The molecule has 2 fully saturated rings. The Balaban J connectivity index is 1.66. The summed E-state index contributed by atoms with van der Waals surface area (Å²) in [6.45, 7) is 1.79. The zero-order valence-corrected chi connectivity index (χ0v) is 16.4. The van der Waals surface area contributed by atoms with Crippen molar-refractivity contribution in [3.05, 3.63) is 35.9 Å². The molecule has 29 heavy (non-hydrogen) atoms. The van der Waals surface area contributed by atoms with Crippen molar-refractivity contribution in [2.75, 3.05) is 0 Å². The van der Waals surface area contributed by atoms with Crippen molar-refractivity contribution in [3.8, 4) is 0 Å². The highest BCUT2D eigenvalue weighted by Crippen LogP contribution is 2.45. The number of carbonyl (C=O) groups excluding carboxylic acids is 3. The molecule has 0 aromatic heterocycles. The third-order valence-electron chi connectivity index (χ3n) is 5.88. The number of halogens is 2. The summed E-state index contributed by atoms with van der Waals surface area (Å²) in [5.74, 6) is -5.85. The van der Waals surface area contributed by atoms with Crippen molar-refractivity contribution < 1.29 is 32.6 Å². The molecule has 3 rings (SSSR count). The Morgan fingerprint density at radius 3 is 2.66 bits per heavy atom. The lowest BCUT2D eigenvalue weighted by atomic mass is 9.86. The molecule has 0 amide bonds. The third kappa shape index (κ3) is 5.00. The zero-order valence-electron chi connectivity index (χ0n) is 16.4. The lowest BCUT2D eigenvalue weighted by Gasteiger charge is -2.24. The first-order chi connectivity index (χ1) is 13.8. The monoisotopic (exact) mass is 408 g/mol. The molecule has 1 saturated heterocycles. The highest BCUT2D eigenvalue weighted by molar-refractivity contribution is 5.89. The highest BCUT2D eigenvalue weighted by Gasteiger charge is 2.52. The van der Waals surface area contributed by atoms with E-state index in [2.05, 4.69) is 0 Å². The van der Waals surface area contributed by atoms with Gasteiger partial charge in [-0.25, -0.2) is 4.79 Å². The number of hydrogen-bond acceptors (Lipinski definition) is 5. The van der Waals surface area contributed by atoms with E-state index in [0.29, 0.717) is 18.4 Å². The van der Waals surface area contributed by atoms with Gasteiger partial charge in [-0.2, -0.15) is 8.78 Å². The van der Waals surface area contributed by atoms with Crippen LogP contribution in [0.1, 0.15) is 62.2 Å². The van der Waals surface area contributed by atoms with E-state index in [1.54, 1.807) is 37.3 Å². The standard InChI is InChI=1S/C22H26F2O5/c1-2-3-11-22(23,24)19(25)10-9-15-16-12-20(26)28-18(16)13-17(15)29-21(27)14-7-5-4-6-8-14/h4-8,15-18H,2-3,9-13H2,1H3/t15-,16?,17?,18?/m1/s1. The van der Waals surface area contributed by atoms with Crippen LogP contribution in [0.25, 0.3) is 0 Å². The van der Waals surface area contributed by atoms with Crippen LogP contribution in [0.15, 0.2) is 30.3 Å². The first kappa shape index (κ1) is 21.4. The molecule has 0 spiro atoms. The molecule has 1 aliphatic carbocycles. The minimum absolute atomic E-state index is 0.144. The van der Waals surface area contributed by atoms with E-state index in [0.717, 1.165) is 0 Å². The molecule has 1 aliphatic heterocycles. The summed E-state index contributed by atoms with van der Waals surface area (Å²) in [5.41, 5.74) is 0.391. The van der Waals surface area contributed by atoms with Gasteiger partial charge in [-0.05, 0) is 25.0 Å². The number of alkyl halides is 2. The number of benzene rings is 1. The second-order valence-electron chi connectivity index (χ2n) is 7.88. The Morgan fingerprint density at radius 1 is 1.24 bits per heavy atom. The van der Waals surface area contributed by atoms with Gasteiger partial charge in [-0.15, -0.1) is 0 Å². The summed E-state index contributed by atoms with van der Waals surface area (Å²) >= 11 is 0. The fraction of sp³-hybridized carbons (Fsp3) is 0.591. The summed E-state index contributed by atoms with van der Waals surface area (Å²) in [6.07, 6.45) is -0.204. The maximum atomic E-state index is 14.0. The molecule has 1 heterocycles. The van der Waals surface area contributed by atoms with Crippen LogP contribution >= 0.6 is 0 Å². The van der Waals surface area contributed by atoms with E-state index >= 15 is 0 Å². The molecule has 4 atom stereocenters. The minimum Gasteiger partial charge on any atom is -0.462 e. The van der Waals surface area contributed by atoms with Gasteiger partial charge in [-0.3, -0.25) is 9.59 Å². The maximum Gasteiger partial charge on any atom is 0.338 e. The smallest absolute Gasteiger partial charge is 0.338 e. The van der Waals surface area contributed by atoms with Crippen molar-refractivity contribution >= 4 is 17.7 Å². The number of hydrogen-bond donors (Lipinski definition) is 0. The molecule has 1 aromatic rings. The lowest BCUT2D eigenvalue weighted by molar-refractivity contribution is -0.144. The summed E-state index contributed by atoms with van der Waals surface area (Å²) in [4.78, 5) is 36.2. The van der Waals surface area contributed by atoms with Crippen LogP contribution in [-0.2, 0) is 19.1 Å². The van der Waals surface area contributed by atoms with Crippen LogP contribution in [0.3, 0.4) is 0 Å². The summed E-state index contributed by atoms with van der Waals surface area (Å²) in [5, 5.41) is 0. The Morgan fingerprint density at radius 2 is 1.97 bits per heavy atom. The maximum absolute atomic E-state index is 14.0. The molecule has 1 aromatic carbocycles. The Bertz CT molecular complexity index is 749. The summed E-state index contributed by atoms with van der Waals surface area (Å²) in [6, 6.07) is 8.48. The lowest BCUT2D eigenvalue weighted by Crippen LogP contribution is -2.31. The Hall–Kier alpha value is -2.31. The number of ether oxygens (including phenoxy) is 2. The summed E-state index contributed by atoms with van der Waals surface area (Å²) in [7, 11) is 0. The van der Waals surface area contributed by atoms with Gasteiger partial charge in [0.25, 0.3) is 0 Å². The van der Waals surface area contributed by atoms with Gasteiger partial charge in [-0.1, -0.05) is 31.5 Å². The van der Waals surface area contributed by atoms with Crippen LogP contribution in [0.2, 0.25) is 0 Å². The van der Waals surface area contributed by atoms with Gasteiger partial charge in [0.1, 0.15) is 12.2 Å². The predicted octanol–water partition coefficient (Wildman–Crippen LogP) is 4.34. The topological polar surface area (TPSA) is 69.7 Å². The molecule has 7 heteroatoms. The van der Waals surface area contributed by atoms with Crippen LogP contribution in [-0.4, -0.2) is 35.9 Å². The molecule has 2 aliphatic rings. The van der Waals surface area contributed by atoms with Crippen LogP contribution in [0, 0.1) is 11.8 Å². The zero-order chi connectivity index (χ0) is 21.0. The Kier molecular flexibility index (Phi) is 6.65. The van der Waals surface area contributed by atoms with Gasteiger partial charge in [0.2, 0.25) is 5.78 Å². The van der Waals surface area contributed by atoms with Crippen molar-refractivity contribution in [2.24, 2.45) is 11.8 Å². The minimum atomic E-state index is -3.34. The number of unbranched alkanes of at least 4 members (excludes halogenated alkanes) is 1. The molecule has 5 nitrogen and oxygen atoms in total. The van der Waals surface area contributed by atoms with Crippen molar-refractivity contribution in [3.63, 3.8) is 0 Å². The molecule has 3 unspecified atom stereocenters. The number of rotatable bonds is 9. The molecule has 0 radical (unpaired) electrons. The SMILES string of the molecule is CCCCC(F)(F)C(=O)CC[C@H]1C(OC(=O)c2ccccc2)CC2OC(=O)CC21. The number of esters is 2. The van der Waals surface area contributed by atoms with Gasteiger partial charge >= 0.3 is 17.9 Å². The number of carbonyl (C=O) groups is 3. The predicted molar refractivity (Wildman–Crippen MR) is 100 cm³/mol. The van der Waals surface area contributed by atoms with Gasteiger partial charge in [0, 0.05) is 31.1 Å². The first-order valence-electron chi connectivity index (χ1n) is 10.2. The van der Waals surface area contributed by atoms with Gasteiger partial charge < -0.3 is 9.47 Å². The molecule has 1 saturated carbocycles. The quantitative estimate of drug-likeness (QED) is 0.569. The van der Waals surface area contributed by atoms with Crippen LogP contribution in [0.5, 0.6) is 0 Å². The summed E-state index contributed by atoms with van der Waals surface area (Å²) < 4.78 is 39.0. The molecular formula is C22H26F2O5. The fourth-order valence-corrected chi connectivity index (χ4v) is 4.29. The van der Waals surface area contributed by atoms with Gasteiger partial charge in [0.15, 0.2) is 0 Å². The molecule has 0 N–H and O–H groups in total. The molecular weight excluding hydrogens is 382 g/mol. The number of Topliss-reactive ketones (excluding diaryl/α,β-unsaturated/α-hetero) is 1. The van der Waals surface area contributed by atoms with Gasteiger partial charge in [0.05, 0.1) is 12.0 Å². The van der Waals surface area contributed by atoms with Crippen LogP contribution < -0.4 is 0 Å². The van der Waals surface area contributed by atoms with Crippen molar-refractivity contribution in [1.29, 1.82) is 0 Å². The molecule has 158 valence electrons. The van der Waals surface area contributed by atoms with Crippen LogP contribution in [0.4, 0.5) is 8.78 Å². The molecule has 0 bridgehead atoms. The van der Waals surface area contributed by atoms with E-state index in [9.17, 15) is 23.2 Å².